The number of hydrogen-bond acceptors (Lipinski definition) is 3. The summed E-state index contributed by atoms with van der Waals surface area (Å²) in [6, 6.07) is 3.62. The first-order valence-electron chi connectivity index (χ1n) is 4.51. The molecule has 3 heteroatoms. The van der Waals surface area contributed by atoms with Crippen LogP contribution in [0.4, 0.5) is 0 Å². The maximum atomic E-state index is 11.3. The van der Waals surface area contributed by atoms with Crippen LogP contribution in [0.1, 0.15) is 23.0 Å². The van der Waals surface area contributed by atoms with Crippen LogP contribution in [0.25, 0.3) is 0 Å². The van der Waals surface area contributed by atoms with Gasteiger partial charge in [-0.15, -0.1) is 0 Å². The van der Waals surface area contributed by atoms with Crippen molar-refractivity contribution in [1.82, 2.24) is 4.98 Å². The minimum atomic E-state index is -0.403. The number of esters is 1. The third-order valence-electron chi connectivity index (χ3n) is 1.77. The van der Waals surface area contributed by atoms with Gasteiger partial charge in [0.1, 0.15) is 12.3 Å². The summed E-state index contributed by atoms with van der Waals surface area (Å²) in [6.07, 6.45) is 4.02. The lowest BCUT2D eigenvalue weighted by molar-refractivity contribution is 0.0543. The molecule has 0 aliphatic rings. The van der Waals surface area contributed by atoms with Gasteiger partial charge >= 0.3 is 5.97 Å². The first-order valence-corrected chi connectivity index (χ1v) is 4.51. The van der Waals surface area contributed by atoms with E-state index in [-0.39, 0.29) is 6.61 Å². The van der Waals surface area contributed by atoms with Gasteiger partial charge in [-0.1, -0.05) is 19.6 Å². The Kier molecular flexibility index (Phi) is 3.85. The topological polar surface area (TPSA) is 39.2 Å². The normalized spacial score (nSPS) is 9.50. The van der Waals surface area contributed by atoms with Crippen LogP contribution in [0, 0.1) is 0 Å². The maximum Gasteiger partial charge on any atom is 0.357 e. The number of rotatable bonds is 4. The van der Waals surface area contributed by atoms with Crippen LogP contribution in [-0.2, 0) is 11.2 Å². The van der Waals surface area contributed by atoms with E-state index in [1.165, 1.54) is 6.08 Å². The number of carbonyl (C=O) groups excluding carboxylic acids is 1. The van der Waals surface area contributed by atoms with E-state index in [4.69, 9.17) is 4.74 Å². The van der Waals surface area contributed by atoms with Crippen LogP contribution >= 0.6 is 0 Å². The molecule has 14 heavy (non-hydrogen) atoms. The number of hydrogen-bond donors (Lipinski definition) is 0. The van der Waals surface area contributed by atoms with Gasteiger partial charge in [0.25, 0.3) is 0 Å². The van der Waals surface area contributed by atoms with Gasteiger partial charge in [-0.2, -0.15) is 0 Å². The monoisotopic (exact) mass is 191 g/mol. The first kappa shape index (κ1) is 10.4. The van der Waals surface area contributed by atoms with E-state index in [1.54, 1.807) is 12.3 Å². The van der Waals surface area contributed by atoms with Gasteiger partial charge in [-0.05, 0) is 24.1 Å². The summed E-state index contributed by atoms with van der Waals surface area (Å²) in [5.41, 5.74) is 1.43. The molecule has 0 fully saturated rings. The zero-order valence-electron chi connectivity index (χ0n) is 8.19. The molecule has 1 heterocycles. The Morgan fingerprint density at radius 2 is 2.50 bits per heavy atom. The number of nitrogens with zero attached hydrogens (tertiary/aromatic N) is 1. The predicted molar refractivity (Wildman–Crippen MR) is 54.1 cm³/mol. The number of aryl methyl sites for hydroxylation is 1. The minimum Gasteiger partial charge on any atom is -0.457 e. The summed E-state index contributed by atoms with van der Waals surface area (Å²) in [4.78, 5) is 15.3. The smallest absolute Gasteiger partial charge is 0.357 e. The highest BCUT2D eigenvalue weighted by molar-refractivity contribution is 5.87. The average Bonchev–Trinajstić information content (AvgIpc) is 2.26. The van der Waals surface area contributed by atoms with Crippen molar-refractivity contribution in [3.63, 3.8) is 0 Å². The summed E-state index contributed by atoms with van der Waals surface area (Å²) in [6.45, 7) is 5.70. The highest BCUT2D eigenvalue weighted by Crippen LogP contribution is 2.03. The second-order valence-electron chi connectivity index (χ2n) is 2.79. The molecule has 0 bridgehead atoms. The molecule has 0 saturated carbocycles. The van der Waals surface area contributed by atoms with Crippen LogP contribution in [0.5, 0.6) is 0 Å². The molecule has 1 aromatic rings. The second kappa shape index (κ2) is 5.17. The minimum absolute atomic E-state index is 0.219. The van der Waals surface area contributed by atoms with Gasteiger partial charge in [-0.25, -0.2) is 9.78 Å². The molecule has 1 aromatic heterocycles. The quantitative estimate of drug-likeness (QED) is 0.539. The fourth-order valence-corrected chi connectivity index (χ4v) is 1.01. The summed E-state index contributed by atoms with van der Waals surface area (Å²) >= 11 is 0. The third kappa shape index (κ3) is 2.69. The van der Waals surface area contributed by atoms with Crippen LogP contribution in [0.3, 0.4) is 0 Å². The molecule has 1 rings (SSSR count). The van der Waals surface area contributed by atoms with Gasteiger partial charge in [0.05, 0.1) is 0 Å². The molecule has 0 unspecified atom stereocenters. The fraction of sp³-hybridized carbons (Fsp3) is 0.273. The number of carbonyl (C=O) groups is 1. The lowest BCUT2D eigenvalue weighted by atomic mass is 10.2. The summed E-state index contributed by atoms with van der Waals surface area (Å²) < 4.78 is 4.86. The van der Waals surface area contributed by atoms with E-state index in [9.17, 15) is 4.79 Å². The predicted octanol–water partition coefficient (Wildman–Crippen LogP) is 1.99. The summed E-state index contributed by atoms with van der Waals surface area (Å²) in [5.74, 6) is -0.403. The van der Waals surface area contributed by atoms with Crippen molar-refractivity contribution in [2.24, 2.45) is 0 Å². The zero-order valence-corrected chi connectivity index (χ0v) is 8.19. The number of ether oxygens (including phenoxy) is 1. The van der Waals surface area contributed by atoms with E-state index in [2.05, 4.69) is 11.6 Å². The average molecular weight is 191 g/mol. The molecule has 0 saturated heterocycles. The van der Waals surface area contributed by atoms with Crippen LogP contribution in [-0.4, -0.2) is 17.6 Å². The van der Waals surface area contributed by atoms with Crippen LogP contribution < -0.4 is 0 Å². The number of aromatic nitrogens is 1. The van der Waals surface area contributed by atoms with Crippen molar-refractivity contribution in [2.45, 2.75) is 13.3 Å². The fourth-order valence-electron chi connectivity index (χ4n) is 1.01. The molecular weight excluding hydrogens is 178 g/mol. The van der Waals surface area contributed by atoms with Crippen LogP contribution in [0.2, 0.25) is 0 Å². The molecule has 0 aliphatic heterocycles. The first-order chi connectivity index (χ1) is 6.77. The Morgan fingerprint density at radius 1 is 1.71 bits per heavy atom. The Morgan fingerprint density at radius 3 is 3.14 bits per heavy atom. The zero-order chi connectivity index (χ0) is 10.4. The van der Waals surface area contributed by atoms with Gasteiger partial charge in [0.2, 0.25) is 0 Å². The van der Waals surface area contributed by atoms with E-state index < -0.39 is 5.97 Å². The molecule has 0 N–H and O–H groups in total. The van der Waals surface area contributed by atoms with Crippen molar-refractivity contribution >= 4 is 5.97 Å². The van der Waals surface area contributed by atoms with Gasteiger partial charge in [0, 0.05) is 6.20 Å². The van der Waals surface area contributed by atoms with E-state index >= 15 is 0 Å². The molecule has 3 nitrogen and oxygen atoms in total. The Balaban J connectivity index is 2.73. The molecule has 0 aliphatic carbocycles. The van der Waals surface area contributed by atoms with Gasteiger partial charge < -0.3 is 4.74 Å². The van der Waals surface area contributed by atoms with E-state index in [0.717, 1.165) is 12.0 Å². The molecule has 0 atom stereocenters. The standard InChI is InChI=1S/C11H13NO2/c1-3-7-14-11(13)10-8-9(4-2)5-6-12-10/h3,5-6,8H,1,4,7H2,2H3. The molecule has 0 aromatic carbocycles. The summed E-state index contributed by atoms with van der Waals surface area (Å²) in [5, 5.41) is 0. The Labute approximate surface area is 83.4 Å². The Bertz CT molecular complexity index is 334. The maximum absolute atomic E-state index is 11.3. The van der Waals surface area contributed by atoms with Gasteiger partial charge in [0.15, 0.2) is 0 Å². The van der Waals surface area contributed by atoms with E-state index in [0.29, 0.717) is 5.69 Å². The molecular formula is C11H13NO2. The lowest BCUT2D eigenvalue weighted by Gasteiger charge is -2.02. The largest absolute Gasteiger partial charge is 0.457 e. The van der Waals surface area contributed by atoms with Crippen molar-refractivity contribution in [3.8, 4) is 0 Å². The van der Waals surface area contributed by atoms with Crippen molar-refractivity contribution < 1.29 is 9.53 Å². The van der Waals surface area contributed by atoms with Gasteiger partial charge in [-0.3, -0.25) is 0 Å². The van der Waals surface area contributed by atoms with E-state index in [1.807, 2.05) is 13.0 Å². The van der Waals surface area contributed by atoms with Crippen molar-refractivity contribution in [3.05, 3.63) is 42.2 Å². The second-order valence-corrected chi connectivity index (χ2v) is 2.79. The highest BCUT2D eigenvalue weighted by Gasteiger charge is 2.07. The molecule has 74 valence electrons. The molecule has 0 radical (unpaired) electrons. The van der Waals surface area contributed by atoms with Crippen LogP contribution in [0.15, 0.2) is 31.0 Å². The highest BCUT2D eigenvalue weighted by atomic mass is 16.5. The number of pyridine rings is 1. The molecule has 0 spiro atoms. The SMILES string of the molecule is C=CCOC(=O)c1cc(CC)ccn1. The third-order valence-corrected chi connectivity index (χ3v) is 1.77. The Hall–Kier alpha value is -1.64. The summed E-state index contributed by atoms with van der Waals surface area (Å²) in [7, 11) is 0. The molecule has 0 amide bonds. The van der Waals surface area contributed by atoms with Crippen molar-refractivity contribution in [2.75, 3.05) is 6.61 Å². The van der Waals surface area contributed by atoms with Crippen molar-refractivity contribution in [1.29, 1.82) is 0 Å². The lowest BCUT2D eigenvalue weighted by Crippen LogP contribution is -2.07.